The average molecular weight is 367 g/mol. The number of benzene rings is 1. The van der Waals surface area contributed by atoms with E-state index in [1.54, 1.807) is 4.31 Å². The van der Waals surface area contributed by atoms with Crippen LogP contribution in [0, 0.1) is 0 Å². The minimum atomic E-state index is -3.11. The highest BCUT2D eigenvalue weighted by Gasteiger charge is 2.36. The van der Waals surface area contributed by atoms with Crippen molar-refractivity contribution in [2.45, 2.75) is 49.7 Å². The van der Waals surface area contributed by atoms with Gasteiger partial charge in [-0.25, -0.2) is 12.7 Å². The number of halogens is 1. The first-order chi connectivity index (χ1) is 11.6. The van der Waals surface area contributed by atoms with Crippen molar-refractivity contribution < 1.29 is 8.42 Å². The molecule has 0 atom stereocenters. The molecule has 1 N–H and O–H groups in total. The predicted octanol–water partition coefficient (Wildman–Crippen LogP) is 4.27. The zero-order chi connectivity index (χ0) is 16.7. The van der Waals surface area contributed by atoms with Gasteiger partial charge in [0, 0.05) is 35.2 Å². The first-order valence-corrected chi connectivity index (χ1v) is 10.7. The zero-order valence-corrected chi connectivity index (χ0v) is 15.2. The number of fused-ring (bicyclic) bond motifs is 1. The van der Waals surface area contributed by atoms with Crippen molar-refractivity contribution in [1.82, 2.24) is 9.29 Å². The Hall–Kier alpha value is -1.04. The number of hydrogen-bond donors (Lipinski definition) is 1. The first-order valence-electron chi connectivity index (χ1n) is 8.81. The van der Waals surface area contributed by atoms with Crippen LogP contribution in [-0.4, -0.2) is 36.0 Å². The van der Waals surface area contributed by atoms with Crippen LogP contribution >= 0.6 is 11.6 Å². The molecule has 0 spiro atoms. The summed E-state index contributed by atoms with van der Waals surface area (Å²) in [6.07, 6.45) is 7.44. The van der Waals surface area contributed by atoms with Gasteiger partial charge in [-0.3, -0.25) is 0 Å². The van der Waals surface area contributed by atoms with Crippen LogP contribution in [0.2, 0.25) is 5.02 Å². The number of sulfonamides is 1. The number of nitrogens with zero attached hydrogens (tertiary/aromatic N) is 1. The van der Waals surface area contributed by atoms with Crippen molar-refractivity contribution in [1.29, 1.82) is 0 Å². The van der Waals surface area contributed by atoms with E-state index >= 15 is 0 Å². The topological polar surface area (TPSA) is 53.2 Å². The van der Waals surface area contributed by atoms with Crippen LogP contribution in [0.3, 0.4) is 0 Å². The second-order valence-electron chi connectivity index (χ2n) is 7.06. The summed E-state index contributed by atoms with van der Waals surface area (Å²) in [5.74, 6) is 0.372. The van der Waals surface area contributed by atoms with Crippen LogP contribution < -0.4 is 0 Å². The number of aromatic nitrogens is 1. The Bertz CT molecular complexity index is 832. The second kappa shape index (κ2) is 6.36. The number of rotatable bonds is 3. The maximum Gasteiger partial charge on any atom is 0.216 e. The van der Waals surface area contributed by atoms with Gasteiger partial charge in [0.15, 0.2) is 0 Å². The van der Waals surface area contributed by atoms with Gasteiger partial charge in [-0.05, 0) is 55.4 Å². The van der Waals surface area contributed by atoms with E-state index in [9.17, 15) is 8.42 Å². The van der Waals surface area contributed by atoms with Crippen LogP contribution in [0.4, 0.5) is 0 Å². The molecule has 1 saturated heterocycles. The summed E-state index contributed by atoms with van der Waals surface area (Å²) in [6, 6.07) is 6.08. The van der Waals surface area contributed by atoms with Gasteiger partial charge in [-0.2, -0.15) is 0 Å². The highest BCUT2D eigenvalue weighted by Crippen LogP contribution is 2.37. The van der Waals surface area contributed by atoms with Gasteiger partial charge in [0.1, 0.15) is 0 Å². The van der Waals surface area contributed by atoms with E-state index in [1.807, 2.05) is 18.3 Å². The van der Waals surface area contributed by atoms with Crippen molar-refractivity contribution in [2.24, 2.45) is 0 Å². The van der Waals surface area contributed by atoms with E-state index in [1.165, 1.54) is 10.9 Å². The normalized spacial score (nSPS) is 21.7. The summed E-state index contributed by atoms with van der Waals surface area (Å²) in [7, 11) is -3.11. The van der Waals surface area contributed by atoms with Gasteiger partial charge >= 0.3 is 0 Å². The molecule has 1 aromatic carbocycles. The molecule has 0 unspecified atom stereocenters. The van der Waals surface area contributed by atoms with E-state index in [2.05, 4.69) is 11.1 Å². The molecule has 2 aliphatic rings. The molecule has 1 aromatic heterocycles. The monoisotopic (exact) mass is 366 g/mol. The van der Waals surface area contributed by atoms with E-state index in [4.69, 9.17) is 11.6 Å². The van der Waals surface area contributed by atoms with Crippen molar-refractivity contribution in [3.05, 3.63) is 35.0 Å². The Labute approximate surface area is 148 Å². The standard InChI is InChI=1S/C18H23ClN2O2S/c19-14-11-17(16-5-8-20-18(16)12-14)13-6-9-21(10-7-13)24(22,23)15-3-1-2-4-15/h5,8,11-13,15,20H,1-4,6-7,9-10H2. The fraction of sp³-hybridized carbons (Fsp3) is 0.556. The van der Waals surface area contributed by atoms with Crippen LogP contribution in [-0.2, 0) is 10.0 Å². The Balaban J connectivity index is 1.52. The lowest BCUT2D eigenvalue weighted by molar-refractivity contribution is 0.316. The zero-order valence-electron chi connectivity index (χ0n) is 13.7. The number of hydrogen-bond acceptors (Lipinski definition) is 2. The molecule has 24 heavy (non-hydrogen) atoms. The van der Waals surface area contributed by atoms with E-state index in [-0.39, 0.29) is 5.25 Å². The molecule has 6 heteroatoms. The third-order valence-electron chi connectivity index (χ3n) is 5.64. The van der Waals surface area contributed by atoms with E-state index in [0.717, 1.165) is 49.1 Å². The lowest BCUT2D eigenvalue weighted by atomic mass is 9.88. The summed E-state index contributed by atoms with van der Waals surface area (Å²) in [5.41, 5.74) is 2.30. The van der Waals surface area contributed by atoms with Gasteiger partial charge in [-0.15, -0.1) is 0 Å². The molecule has 2 fully saturated rings. The third-order valence-corrected chi connectivity index (χ3v) is 8.26. The van der Waals surface area contributed by atoms with E-state index in [0.29, 0.717) is 19.0 Å². The molecular formula is C18H23ClN2O2S. The number of aromatic amines is 1. The quantitative estimate of drug-likeness (QED) is 0.881. The van der Waals surface area contributed by atoms with E-state index < -0.39 is 10.0 Å². The summed E-state index contributed by atoms with van der Waals surface area (Å²) in [5, 5.41) is 1.80. The highest BCUT2D eigenvalue weighted by atomic mass is 35.5. The minimum Gasteiger partial charge on any atom is -0.361 e. The number of H-pyrrole nitrogens is 1. The summed E-state index contributed by atoms with van der Waals surface area (Å²) in [4.78, 5) is 3.22. The number of nitrogens with one attached hydrogen (secondary N) is 1. The minimum absolute atomic E-state index is 0.142. The molecule has 1 aliphatic carbocycles. The molecule has 130 valence electrons. The molecule has 2 aromatic rings. The predicted molar refractivity (Wildman–Crippen MR) is 98.0 cm³/mol. The largest absolute Gasteiger partial charge is 0.361 e. The van der Waals surface area contributed by atoms with Crippen molar-refractivity contribution >= 4 is 32.5 Å². The molecule has 4 rings (SSSR count). The first kappa shape index (κ1) is 16.4. The van der Waals surface area contributed by atoms with Crippen molar-refractivity contribution in [3.8, 4) is 0 Å². The van der Waals surface area contributed by atoms with Gasteiger partial charge in [-0.1, -0.05) is 24.4 Å². The smallest absolute Gasteiger partial charge is 0.216 e. The molecule has 0 bridgehead atoms. The summed E-state index contributed by atoms with van der Waals surface area (Å²) < 4.78 is 27.2. The Morgan fingerprint density at radius 2 is 1.79 bits per heavy atom. The Kier molecular flexibility index (Phi) is 4.35. The Morgan fingerprint density at radius 1 is 1.08 bits per heavy atom. The summed E-state index contributed by atoms with van der Waals surface area (Å²) in [6.45, 7) is 1.25. The fourth-order valence-electron chi connectivity index (χ4n) is 4.32. The maximum absolute atomic E-state index is 12.8. The molecule has 2 heterocycles. The lowest BCUT2D eigenvalue weighted by Gasteiger charge is -2.33. The molecule has 1 aliphatic heterocycles. The third kappa shape index (κ3) is 2.87. The molecule has 1 saturated carbocycles. The van der Waals surface area contributed by atoms with Crippen LogP contribution in [0.5, 0.6) is 0 Å². The van der Waals surface area contributed by atoms with Crippen molar-refractivity contribution in [3.63, 3.8) is 0 Å². The molecular weight excluding hydrogens is 344 g/mol. The Morgan fingerprint density at radius 3 is 2.50 bits per heavy atom. The van der Waals surface area contributed by atoms with Crippen LogP contribution in [0.1, 0.15) is 50.0 Å². The van der Waals surface area contributed by atoms with Crippen molar-refractivity contribution in [2.75, 3.05) is 13.1 Å². The summed E-state index contributed by atoms with van der Waals surface area (Å²) >= 11 is 6.26. The maximum atomic E-state index is 12.8. The van der Waals surface area contributed by atoms with Gasteiger partial charge in [0.2, 0.25) is 10.0 Å². The second-order valence-corrected chi connectivity index (χ2v) is 9.71. The molecule has 4 nitrogen and oxygen atoms in total. The average Bonchev–Trinajstić information content (AvgIpc) is 3.25. The molecule has 0 amide bonds. The SMILES string of the molecule is O=S(=O)(C1CCCC1)N1CCC(c2cc(Cl)cc3[nH]ccc23)CC1. The van der Waals surface area contributed by atoms with Crippen LogP contribution in [0.15, 0.2) is 24.4 Å². The van der Waals surface area contributed by atoms with Gasteiger partial charge in [0.25, 0.3) is 0 Å². The molecule has 0 radical (unpaired) electrons. The number of piperidine rings is 1. The fourth-order valence-corrected chi connectivity index (χ4v) is 6.61. The lowest BCUT2D eigenvalue weighted by Crippen LogP contribution is -2.42. The van der Waals surface area contributed by atoms with Gasteiger partial charge in [0.05, 0.1) is 5.25 Å². The highest BCUT2D eigenvalue weighted by molar-refractivity contribution is 7.89. The van der Waals surface area contributed by atoms with Crippen LogP contribution in [0.25, 0.3) is 10.9 Å². The van der Waals surface area contributed by atoms with Gasteiger partial charge < -0.3 is 4.98 Å².